The van der Waals surface area contributed by atoms with E-state index in [1.54, 1.807) is 13.1 Å². The van der Waals surface area contributed by atoms with Crippen molar-refractivity contribution in [2.75, 3.05) is 5.32 Å². The number of amides is 2. The number of hydrogen-bond acceptors (Lipinski definition) is 2. The summed E-state index contributed by atoms with van der Waals surface area (Å²) in [6.07, 6.45) is -3.00. The number of rotatable bonds is 2. The number of benzene rings is 1. The SMILES string of the molecule is Cn1nccc1-c1ccc(C(F)(F)F)cc1NC(N)=O. The van der Waals surface area contributed by atoms with E-state index in [-0.39, 0.29) is 5.69 Å². The number of urea groups is 1. The Bertz CT molecular complexity index is 648. The number of carbonyl (C=O) groups is 1. The number of nitrogens with one attached hydrogen (secondary N) is 1. The number of alkyl halides is 3. The summed E-state index contributed by atoms with van der Waals surface area (Å²) in [5, 5.41) is 6.13. The van der Waals surface area contributed by atoms with Gasteiger partial charge in [0.25, 0.3) is 0 Å². The van der Waals surface area contributed by atoms with Gasteiger partial charge in [-0.2, -0.15) is 18.3 Å². The van der Waals surface area contributed by atoms with Crippen LogP contribution >= 0.6 is 0 Å². The first-order valence-corrected chi connectivity index (χ1v) is 5.55. The van der Waals surface area contributed by atoms with E-state index >= 15 is 0 Å². The molecule has 2 aromatic rings. The van der Waals surface area contributed by atoms with Crippen molar-refractivity contribution in [2.45, 2.75) is 6.18 Å². The second-order valence-corrected chi connectivity index (χ2v) is 4.09. The lowest BCUT2D eigenvalue weighted by molar-refractivity contribution is -0.137. The largest absolute Gasteiger partial charge is 0.416 e. The molecule has 2 rings (SSSR count). The molecule has 0 unspecified atom stereocenters. The molecular weight excluding hydrogens is 273 g/mol. The number of halogens is 3. The van der Waals surface area contributed by atoms with Crippen molar-refractivity contribution in [3.63, 3.8) is 0 Å². The van der Waals surface area contributed by atoms with Crippen molar-refractivity contribution in [1.29, 1.82) is 0 Å². The number of aryl methyl sites for hydroxylation is 1. The summed E-state index contributed by atoms with van der Waals surface area (Å²) in [5.74, 6) is 0. The fraction of sp³-hybridized carbons (Fsp3) is 0.167. The third-order valence-electron chi connectivity index (χ3n) is 2.70. The quantitative estimate of drug-likeness (QED) is 0.889. The number of aromatic nitrogens is 2. The monoisotopic (exact) mass is 284 g/mol. The number of carbonyl (C=O) groups excluding carboxylic acids is 1. The summed E-state index contributed by atoms with van der Waals surface area (Å²) in [7, 11) is 1.64. The lowest BCUT2D eigenvalue weighted by Crippen LogP contribution is -2.20. The Labute approximate surface area is 112 Å². The molecule has 2 amide bonds. The van der Waals surface area contributed by atoms with Crippen LogP contribution in [-0.2, 0) is 13.2 Å². The number of anilines is 1. The molecule has 0 saturated heterocycles. The number of primary amides is 1. The minimum absolute atomic E-state index is 0.0177. The lowest BCUT2D eigenvalue weighted by Gasteiger charge is -2.13. The average Bonchev–Trinajstić information content (AvgIpc) is 2.73. The number of nitrogens with two attached hydrogens (primary N) is 1. The van der Waals surface area contributed by atoms with Crippen LogP contribution in [0.25, 0.3) is 11.3 Å². The zero-order valence-electron chi connectivity index (χ0n) is 10.4. The topological polar surface area (TPSA) is 72.9 Å². The van der Waals surface area contributed by atoms with Crippen molar-refractivity contribution in [1.82, 2.24) is 9.78 Å². The van der Waals surface area contributed by atoms with Crippen molar-refractivity contribution in [3.8, 4) is 11.3 Å². The molecule has 0 aliphatic heterocycles. The van der Waals surface area contributed by atoms with Crippen LogP contribution in [0.15, 0.2) is 30.5 Å². The molecule has 8 heteroatoms. The highest BCUT2D eigenvalue weighted by Crippen LogP contribution is 2.35. The van der Waals surface area contributed by atoms with Crippen molar-refractivity contribution >= 4 is 11.7 Å². The Hall–Kier alpha value is -2.51. The Morgan fingerprint density at radius 2 is 2.05 bits per heavy atom. The van der Waals surface area contributed by atoms with Gasteiger partial charge in [0.1, 0.15) is 0 Å². The zero-order valence-corrected chi connectivity index (χ0v) is 10.4. The Morgan fingerprint density at radius 1 is 1.35 bits per heavy atom. The van der Waals surface area contributed by atoms with Crippen LogP contribution in [0.2, 0.25) is 0 Å². The molecule has 1 aromatic carbocycles. The maximum atomic E-state index is 12.7. The van der Waals surface area contributed by atoms with Crippen molar-refractivity contribution in [3.05, 3.63) is 36.0 Å². The summed E-state index contributed by atoms with van der Waals surface area (Å²) in [6, 6.07) is 3.73. The molecule has 0 fully saturated rings. The molecule has 0 atom stereocenters. The minimum atomic E-state index is -4.50. The molecule has 0 aliphatic carbocycles. The van der Waals surface area contributed by atoms with Gasteiger partial charge in [0.05, 0.1) is 16.9 Å². The number of hydrogen-bond donors (Lipinski definition) is 2. The minimum Gasteiger partial charge on any atom is -0.351 e. The van der Waals surface area contributed by atoms with Gasteiger partial charge in [0, 0.05) is 18.8 Å². The predicted octanol–water partition coefficient (Wildman–Crippen LogP) is 2.60. The number of nitrogens with zero attached hydrogens (tertiary/aromatic N) is 2. The van der Waals surface area contributed by atoms with E-state index < -0.39 is 17.8 Å². The molecule has 106 valence electrons. The predicted molar refractivity (Wildman–Crippen MR) is 66.9 cm³/mol. The summed E-state index contributed by atoms with van der Waals surface area (Å²) < 4.78 is 39.6. The van der Waals surface area contributed by atoms with E-state index in [2.05, 4.69) is 10.4 Å². The first-order valence-electron chi connectivity index (χ1n) is 5.55. The van der Waals surface area contributed by atoms with Crippen LogP contribution in [0.5, 0.6) is 0 Å². The summed E-state index contributed by atoms with van der Waals surface area (Å²) in [6.45, 7) is 0. The van der Waals surface area contributed by atoms with Crippen LogP contribution in [0.1, 0.15) is 5.56 Å². The molecule has 0 spiro atoms. The van der Waals surface area contributed by atoms with Gasteiger partial charge in [-0.15, -0.1) is 0 Å². The molecule has 0 aliphatic rings. The first-order chi connectivity index (χ1) is 9.29. The van der Waals surface area contributed by atoms with Crippen LogP contribution in [0.3, 0.4) is 0 Å². The maximum Gasteiger partial charge on any atom is 0.416 e. The van der Waals surface area contributed by atoms with E-state index in [4.69, 9.17) is 5.73 Å². The molecular formula is C12H11F3N4O. The van der Waals surface area contributed by atoms with E-state index in [1.165, 1.54) is 16.9 Å². The molecule has 0 saturated carbocycles. The molecule has 20 heavy (non-hydrogen) atoms. The van der Waals surface area contributed by atoms with Gasteiger partial charge < -0.3 is 11.1 Å². The van der Waals surface area contributed by atoms with E-state index in [0.717, 1.165) is 12.1 Å². The van der Waals surface area contributed by atoms with Gasteiger partial charge in [-0.3, -0.25) is 4.68 Å². The fourth-order valence-electron chi connectivity index (χ4n) is 1.82. The zero-order chi connectivity index (χ0) is 14.9. The first kappa shape index (κ1) is 13.9. The van der Waals surface area contributed by atoms with Gasteiger partial charge >= 0.3 is 12.2 Å². The Morgan fingerprint density at radius 3 is 2.55 bits per heavy atom. The summed E-state index contributed by atoms with van der Waals surface area (Å²) >= 11 is 0. The standard InChI is InChI=1S/C12H11F3N4O/c1-19-10(4-5-17-19)8-3-2-7(12(13,14)15)6-9(8)18-11(16)20/h2-6H,1H3,(H3,16,18,20). The summed E-state index contributed by atoms with van der Waals surface area (Å²) in [5.41, 5.74) is 5.06. The fourth-order valence-corrected chi connectivity index (χ4v) is 1.82. The molecule has 5 nitrogen and oxygen atoms in total. The Balaban J connectivity index is 2.57. The molecule has 1 aromatic heterocycles. The van der Waals surface area contributed by atoms with E-state index in [1.807, 2.05) is 0 Å². The van der Waals surface area contributed by atoms with E-state index in [9.17, 15) is 18.0 Å². The normalized spacial score (nSPS) is 11.4. The summed E-state index contributed by atoms with van der Waals surface area (Å²) in [4.78, 5) is 10.9. The van der Waals surface area contributed by atoms with E-state index in [0.29, 0.717) is 11.3 Å². The second kappa shape index (κ2) is 4.87. The van der Waals surface area contributed by atoms with Crippen molar-refractivity contribution < 1.29 is 18.0 Å². The van der Waals surface area contributed by atoms with Crippen LogP contribution in [0.4, 0.5) is 23.7 Å². The van der Waals surface area contributed by atoms with Gasteiger partial charge in [-0.25, -0.2) is 4.79 Å². The molecule has 1 heterocycles. The third-order valence-corrected chi connectivity index (χ3v) is 2.70. The van der Waals surface area contributed by atoms with Crippen molar-refractivity contribution in [2.24, 2.45) is 12.8 Å². The van der Waals surface area contributed by atoms with Crippen LogP contribution < -0.4 is 11.1 Å². The van der Waals surface area contributed by atoms with Crippen LogP contribution in [0, 0.1) is 0 Å². The molecule has 3 N–H and O–H groups in total. The smallest absolute Gasteiger partial charge is 0.351 e. The van der Waals surface area contributed by atoms with Gasteiger partial charge in [-0.05, 0) is 18.2 Å². The third kappa shape index (κ3) is 2.73. The lowest BCUT2D eigenvalue weighted by atomic mass is 10.1. The Kier molecular flexibility index (Phi) is 3.39. The highest BCUT2D eigenvalue weighted by molar-refractivity contribution is 5.93. The maximum absolute atomic E-state index is 12.7. The van der Waals surface area contributed by atoms with Gasteiger partial charge in [0.2, 0.25) is 0 Å². The highest BCUT2D eigenvalue weighted by Gasteiger charge is 2.31. The molecule has 0 radical (unpaired) electrons. The van der Waals surface area contributed by atoms with Gasteiger partial charge in [0.15, 0.2) is 0 Å². The second-order valence-electron chi connectivity index (χ2n) is 4.09. The molecule has 0 bridgehead atoms. The van der Waals surface area contributed by atoms with Crippen LogP contribution in [-0.4, -0.2) is 15.8 Å². The average molecular weight is 284 g/mol. The highest BCUT2D eigenvalue weighted by atomic mass is 19.4. The van der Waals surface area contributed by atoms with Gasteiger partial charge in [-0.1, -0.05) is 6.07 Å².